The zero-order valence-electron chi connectivity index (χ0n) is 11.5. The molecule has 0 aromatic carbocycles. The highest BCUT2D eigenvalue weighted by Gasteiger charge is 2.45. The van der Waals surface area contributed by atoms with Gasteiger partial charge in [0.1, 0.15) is 5.60 Å². The first-order chi connectivity index (χ1) is 8.40. The van der Waals surface area contributed by atoms with Gasteiger partial charge in [-0.25, -0.2) is 4.79 Å². The van der Waals surface area contributed by atoms with Gasteiger partial charge in [0.05, 0.1) is 19.3 Å². The highest BCUT2D eigenvalue weighted by molar-refractivity contribution is 5.68. The molecule has 0 radical (unpaired) electrons. The van der Waals surface area contributed by atoms with Crippen LogP contribution in [0.25, 0.3) is 0 Å². The molecular weight excluding hydrogens is 232 g/mol. The SMILES string of the molecule is CC(C)(C)OC(=O)N1CCOC([C@@H]2C[C@H]2CN)C1. The van der Waals surface area contributed by atoms with Crippen molar-refractivity contribution in [2.24, 2.45) is 17.6 Å². The predicted molar refractivity (Wildman–Crippen MR) is 68.2 cm³/mol. The molecule has 0 spiro atoms. The summed E-state index contributed by atoms with van der Waals surface area (Å²) in [6, 6.07) is 0. The van der Waals surface area contributed by atoms with E-state index in [4.69, 9.17) is 15.2 Å². The highest BCUT2D eigenvalue weighted by atomic mass is 16.6. The van der Waals surface area contributed by atoms with E-state index in [0.29, 0.717) is 31.5 Å². The van der Waals surface area contributed by atoms with Crippen molar-refractivity contribution in [3.05, 3.63) is 0 Å². The molecule has 1 heterocycles. The van der Waals surface area contributed by atoms with Gasteiger partial charge >= 0.3 is 6.09 Å². The van der Waals surface area contributed by atoms with Gasteiger partial charge < -0.3 is 20.1 Å². The van der Waals surface area contributed by atoms with E-state index in [1.165, 1.54) is 0 Å². The third-order valence-corrected chi connectivity index (χ3v) is 3.50. The van der Waals surface area contributed by atoms with E-state index in [9.17, 15) is 4.79 Å². The Kier molecular flexibility index (Phi) is 3.82. The first kappa shape index (κ1) is 13.6. The van der Waals surface area contributed by atoms with E-state index in [-0.39, 0.29) is 12.2 Å². The molecule has 5 nitrogen and oxygen atoms in total. The van der Waals surface area contributed by atoms with Gasteiger partial charge in [0.2, 0.25) is 0 Å². The summed E-state index contributed by atoms with van der Waals surface area (Å²) in [4.78, 5) is 13.7. The number of nitrogens with zero attached hydrogens (tertiary/aromatic N) is 1. The molecule has 1 unspecified atom stereocenters. The van der Waals surface area contributed by atoms with Crippen molar-refractivity contribution in [1.29, 1.82) is 0 Å². The van der Waals surface area contributed by atoms with Gasteiger partial charge in [0, 0.05) is 6.54 Å². The van der Waals surface area contributed by atoms with Gasteiger partial charge in [-0.1, -0.05) is 0 Å². The minimum Gasteiger partial charge on any atom is -0.444 e. The standard InChI is InChI=1S/C13H24N2O3/c1-13(2,3)18-12(16)15-4-5-17-11(8-15)10-6-9(10)7-14/h9-11H,4-8,14H2,1-3H3/t9-,10+,11?/m0/s1. The lowest BCUT2D eigenvalue weighted by atomic mass is 10.1. The van der Waals surface area contributed by atoms with Crippen LogP contribution >= 0.6 is 0 Å². The van der Waals surface area contributed by atoms with Crippen molar-refractivity contribution in [3.63, 3.8) is 0 Å². The number of rotatable bonds is 2. The van der Waals surface area contributed by atoms with Crippen molar-refractivity contribution in [3.8, 4) is 0 Å². The van der Waals surface area contributed by atoms with E-state index in [0.717, 1.165) is 13.0 Å². The lowest BCUT2D eigenvalue weighted by Crippen LogP contribution is -2.48. The fourth-order valence-electron chi connectivity index (χ4n) is 2.42. The van der Waals surface area contributed by atoms with E-state index in [1.54, 1.807) is 4.90 Å². The average molecular weight is 256 g/mol. The maximum atomic E-state index is 12.0. The molecule has 1 amide bonds. The molecule has 0 aromatic rings. The smallest absolute Gasteiger partial charge is 0.410 e. The third kappa shape index (κ3) is 3.36. The summed E-state index contributed by atoms with van der Waals surface area (Å²) in [6.45, 7) is 8.21. The molecule has 0 aromatic heterocycles. The fourth-order valence-corrected chi connectivity index (χ4v) is 2.42. The number of morpholine rings is 1. The summed E-state index contributed by atoms with van der Waals surface area (Å²) in [7, 11) is 0. The molecule has 0 bridgehead atoms. The summed E-state index contributed by atoms with van der Waals surface area (Å²) < 4.78 is 11.1. The summed E-state index contributed by atoms with van der Waals surface area (Å²) >= 11 is 0. The average Bonchev–Trinajstić information content (AvgIpc) is 3.06. The van der Waals surface area contributed by atoms with Crippen LogP contribution in [0.4, 0.5) is 4.79 Å². The molecule has 18 heavy (non-hydrogen) atoms. The predicted octanol–water partition coefficient (Wildman–Crippen LogP) is 1.22. The van der Waals surface area contributed by atoms with Crippen molar-refractivity contribution in [1.82, 2.24) is 4.90 Å². The molecule has 2 rings (SSSR count). The Hall–Kier alpha value is -0.810. The Morgan fingerprint density at radius 3 is 2.78 bits per heavy atom. The van der Waals surface area contributed by atoms with Crippen LogP contribution in [0.1, 0.15) is 27.2 Å². The van der Waals surface area contributed by atoms with Crippen LogP contribution in [0.2, 0.25) is 0 Å². The molecule has 2 N–H and O–H groups in total. The third-order valence-electron chi connectivity index (χ3n) is 3.50. The molecule has 1 saturated heterocycles. The monoisotopic (exact) mass is 256 g/mol. The number of hydrogen-bond donors (Lipinski definition) is 1. The molecule has 3 atom stereocenters. The molecule has 1 saturated carbocycles. The van der Waals surface area contributed by atoms with Crippen LogP contribution < -0.4 is 5.73 Å². The number of carbonyl (C=O) groups is 1. The Morgan fingerprint density at radius 1 is 1.50 bits per heavy atom. The lowest BCUT2D eigenvalue weighted by Gasteiger charge is -2.34. The Labute approximate surface area is 109 Å². The van der Waals surface area contributed by atoms with Crippen LogP contribution in [0, 0.1) is 11.8 Å². The van der Waals surface area contributed by atoms with Gasteiger partial charge in [-0.15, -0.1) is 0 Å². The quantitative estimate of drug-likeness (QED) is 0.806. The number of carbonyl (C=O) groups excluding carboxylic acids is 1. The maximum Gasteiger partial charge on any atom is 0.410 e. The first-order valence-corrected chi connectivity index (χ1v) is 6.70. The van der Waals surface area contributed by atoms with E-state index < -0.39 is 5.60 Å². The summed E-state index contributed by atoms with van der Waals surface area (Å²) in [6.07, 6.45) is 1.03. The zero-order valence-corrected chi connectivity index (χ0v) is 11.5. The summed E-state index contributed by atoms with van der Waals surface area (Å²) in [5.74, 6) is 1.11. The van der Waals surface area contributed by atoms with Crippen LogP contribution in [0.15, 0.2) is 0 Å². The second-order valence-corrected chi connectivity index (χ2v) is 6.23. The lowest BCUT2D eigenvalue weighted by molar-refractivity contribution is -0.0512. The van der Waals surface area contributed by atoms with Crippen molar-refractivity contribution < 1.29 is 14.3 Å². The minimum absolute atomic E-state index is 0.139. The van der Waals surface area contributed by atoms with Crippen LogP contribution in [0.3, 0.4) is 0 Å². The Morgan fingerprint density at radius 2 is 2.22 bits per heavy atom. The number of ether oxygens (including phenoxy) is 2. The fraction of sp³-hybridized carbons (Fsp3) is 0.923. The topological polar surface area (TPSA) is 64.8 Å². The van der Waals surface area contributed by atoms with Crippen molar-refractivity contribution in [2.75, 3.05) is 26.2 Å². The molecular formula is C13H24N2O3. The van der Waals surface area contributed by atoms with Gasteiger partial charge in [-0.3, -0.25) is 0 Å². The zero-order chi connectivity index (χ0) is 13.3. The summed E-state index contributed by atoms with van der Waals surface area (Å²) in [5.41, 5.74) is 5.21. The van der Waals surface area contributed by atoms with Gasteiger partial charge in [0.15, 0.2) is 0 Å². The normalized spacial score (nSPS) is 32.2. The molecule has 2 fully saturated rings. The van der Waals surface area contributed by atoms with Crippen LogP contribution in [-0.2, 0) is 9.47 Å². The van der Waals surface area contributed by atoms with Crippen molar-refractivity contribution >= 4 is 6.09 Å². The first-order valence-electron chi connectivity index (χ1n) is 6.70. The van der Waals surface area contributed by atoms with Crippen LogP contribution in [-0.4, -0.2) is 48.9 Å². The summed E-state index contributed by atoms with van der Waals surface area (Å²) in [5, 5.41) is 0. The number of hydrogen-bond acceptors (Lipinski definition) is 4. The van der Waals surface area contributed by atoms with E-state index in [2.05, 4.69) is 0 Å². The molecule has 1 aliphatic heterocycles. The second-order valence-electron chi connectivity index (χ2n) is 6.23. The van der Waals surface area contributed by atoms with E-state index in [1.807, 2.05) is 20.8 Å². The molecule has 5 heteroatoms. The molecule has 2 aliphatic rings. The minimum atomic E-state index is -0.440. The van der Waals surface area contributed by atoms with E-state index >= 15 is 0 Å². The number of amides is 1. The molecule has 104 valence electrons. The molecule has 1 aliphatic carbocycles. The second kappa shape index (κ2) is 5.05. The number of nitrogens with two attached hydrogens (primary N) is 1. The maximum absolute atomic E-state index is 12.0. The highest BCUT2D eigenvalue weighted by Crippen LogP contribution is 2.42. The Bertz CT molecular complexity index is 314. The Balaban J connectivity index is 1.85. The van der Waals surface area contributed by atoms with Gasteiger partial charge in [-0.2, -0.15) is 0 Å². The largest absolute Gasteiger partial charge is 0.444 e. The van der Waals surface area contributed by atoms with Gasteiger partial charge in [-0.05, 0) is 45.6 Å². The van der Waals surface area contributed by atoms with Crippen LogP contribution in [0.5, 0.6) is 0 Å². The van der Waals surface area contributed by atoms with Crippen molar-refractivity contribution in [2.45, 2.75) is 38.9 Å². The van der Waals surface area contributed by atoms with Gasteiger partial charge in [0.25, 0.3) is 0 Å².